The normalized spacial score (nSPS) is 17.7. The number of piperazine rings is 1. The van der Waals surface area contributed by atoms with Gasteiger partial charge in [0.2, 0.25) is 11.8 Å². The highest BCUT2D eigenvalue weighted by molar-refractivity contribution is 5.95. The van der Waals surface area contributed by atoms with Crippen molar-refractivity contribution in [2.45, 2.75) is 32.9 Å². The first-order valence-corrected chi connectivity index (χ1v) is 12.0. The summed E-state index contributed by atoms with van der Waals surface area (Å²) in [5.74, 6) is 0.0707. The van der Waals surface area contributed by atoms with E-state index in [2.05, 4.69) is 40.2 Å². The molecule has 2 amide bonds. The van der Waals surface area contributed by atoms with Crippen molar-refractivity contribution in [3.8, 4) is 0 Å². The van der Waals surface area contributed by atoms with Gasteiger partial charge in [0.05, 0.1) is 0 Å². The van der Waals surface area contributed by atoms with E-state index in [4.69, 9.17) is 0 Å². The molecule has 4 rings (SSSR count). The molecule has 0 bridgehead atoms. The van der Waals surface area contributed by atoms with Gasteiger partial charge >= 0.3 is 0 Å². The maximum atomic E-state index is 12.4. The second-order valence-electron chi connectivity index (χ2n) is 8.77. The summed E-state index contributed by atoms with van der Waals surface area (Å²) in [6, 6.07) is 16.1. The fourth-order valence-corrected chi connectivity index (χ4v) is 4.49. The van der Waals surface area contributed by atoms with Crippen LogP contribution >= 0.6 is 0 Å². The van der Waals surface area contributed by atoms with Gasteiger partial charge < -0.3 is 15.1 Å². The largest absolute Gasteiger partial charge is 0.348 e. The zero-order valence-corrected chi connectivity index (χ0v) is 19.5. The number of nitrogens with one attached hydrogen (secondary N) is 1. The molecule has 2 aliphatic heterocycles. The van der Waals surface area contributed by atoms with E-state index in [0.29, 0.717) is 13.0 Å². The molecule has 0 radical (unpaired) electrons. The van der Waals surface area contributed by atoms with E-state index in [1.54, 1.807) is 6.08 Å². The first kappa shape index (κ1) is 23.2. The van der Waals surface area contributed by atoms with E-state index >= 15 is 0 Å². The summed E-state index contributed by atoms with van der Waals surface area (Å²) >= 11 is 0. The molecule has 0 atom stereocenters. The molecule has 2 aromatic carbocycles. The third kappa shape index (κ3) is 6.30. The van der Waals surface area contributed by atoms with E-state index in [-0.39, 0.29) is 11.8 Å². The van der Waals surface area contributed by atoms with Gasteiger partial charge in [-0.15, -0.1) is 0 Å². The predicted molar refractivity (Wildman–Crippen MR) is 133 cm³/mol. The van der Waals surface area contributed by atoms with Gasteiger partial charge in [0.1, 0.15) is 0 Å². The Hall–Kier alpha value is -2.96. The number of carbonyl (C=O) groups is 2. The number of nitrogens with zero attached hydrogens (tertiary/aromatic N) is 3. The van der Waals surface area contributed by atoms with Crippen LogP contribution in [0.4, 0.5) is 5.69 Å². The van der Waals surface area contributed by atoms with Crippen LogP contribution in [0.5, 0.6) is 0 Å². The highest BCUT2D eigenvalue weighted by atomic mass is 16.2. The number of hydrogen-bond donors (Lipinski definition) is 1. The van der Waals surface area contributed by atoms with Gasteiger partial charge in [-0.2, -0.15) is 0 Å². The summed E-state index contributed by atoms with van der Waals surface area (Å²) in [6.45, 7) is 9.97. The van der Waals surface area contributed by atoms with Crippen LogP contribution in [0, 0.1) is 0 Å². The summed E-state index contributed by atoms with van der Waals surface area (Å²) < 4.78 is 0. The zero-order chi connectivity index (χ0) is 23.0. The summed E-state index contributed by atoms with van der Waals surface area (Å²) in [7, 11) is 0. The number of benzene rings is 2. The molecule has 2 fully saturated rings. The molecule has 2 aliphatic rings. The fraction of sp³-hybridized carbons (Fsp3) is 0.407. The van der Waals surface area contributed by atoms with Crippen LogP contribution in [0.2, 0.25) is 0 Å². The maximum Gasteiger partial charge on any atom is 0.244 e. The monoisotopic (exact) mass is 446 g/mol. The summed E-state index contributed by atoms with van der Waals surface area (Å²) in [5, 5.41) is 3.02. The minimum atomic E-state index is -0.111. The third-order valence-corrected chi connectivity index (χ3v) is 6.58. The average Bonchev–Trinajstić information content (AvgIpc) is 3.29. The second kappa shape index (κ2) is 11.3. The Morgan fingerprint density at radius 3 is 2.30 bits per heavy atom. The first-order valence-electron chi connectivity index (χ1n) is 12.0. The Labute approximate surface area is 196 Å². The van der Waals surface area contributed by atoms with Gasteiger partial charge in [-0.25, -0.2) is 0 Å². The molecular formula is C27H34N4O2. The SMILES string of the molecule is CCN1CCN(Cc2ccccc2CNC(=O)C=Cc2ccc(N3CCCC3=O)cc2)CC1. The minimum Gasteiger partial charge on any atom is -0.348 e. The molecule has 2 heterocycles. The van der Waals surface area contributed by atoms with Crippen LogP contribution in [0.1, 0.15) is 36.5 Å². The number of hydrogen-bond acceptors (Lipinski definition) is 4. The van der Waals surface area contributed by atoms with E-state index in [9.17, 15) is 9.59 Å². The lowest BCUT2D eigenvalue weighted by atomic mass is 10.1. The van der Waals surface area contributed by atoms with Crippen molar-refractivity contribution in [2.75, 3.05) is 44.2 Å². The van der Waals surface area contributed by atoms with E-state index in [1.165, 1.54) is 5.56 Å². The van der Waals surface area contributed by atoms with Gasteiger partial charge in [-0.1, -0.05) is 43.3 Å². The average molecular weight is 447 g/mol. The molecule has 1 N–H and O–H groups in total. The quantitative estimate of drug-likeness (QED) is 0.633. The molecule has 0 aliphatic carbocycles. The third-order valence-electron chi connectivity index (χ3n) is 6.58. The first-order chi connectivity index (χ1) is 16.1. The van der Waals surface area contributed by atoms with Gasteiger partial charge in [-0.3, -0.25) is 14.5 Å². The Morgan fingerprint density at radius 1 is 0.939 bits per heavy atom. The van der Waals surface area contributed by atoms with E-state index in [0.717, 1.165) is 69.0 Å². The summed E-state index contributed by atoms with van der Waals surface area (Å²) in [6.07, 6.45) is 4.92. The van der Waals surface area contributed by atoms with Crippen molar-refractivity contribution in [2.24, 2.45) is 0 Å². The summed E-state index contributed by atoms with van der Waals surface area (Å²) in [5.41, 5.74) is 4.30. The van der Waals surface area contributed by atoms with Crippen LogP contribution < -0.4 is 10.2 Å². The number of rotatable bonds is 8. The Bertz CT molecular complexity index is 978. The molecule has 6 nitrogen and oxygen atoms in total. The molecular weight excluding hydrogens is 412 g/mol. The Morgan fingerprint density at radius 2 is 1.64 bits per heavy atom. The van der Waals surface area contributed by atoms with Gasteiger partial charge in [0.25, 0.3) is 0 Å². The van der Waals surface area contributed by atoms with Crippen molar-refractivity contribution in [3.63, 3.8) is 0 Å². The lowest BCUT2D eigenvalue weighted by Gasteiger charge is -2.34. The van der Waals surface area contributed by atoms with Crippen molar-refractivity contribution in [1.29, 1.82) is 0 Å². The lowest BCUT2D eigenvalue weighted by molar-refractivity contribution is -0.117. The molecule has 0 aromatic heterocycles. The van der Waals surface area contributed by atoms with Crippen LogP contribution in [0.15, 0.2) is 54.6 Å². The fourth-order valence-electron chi connectivity index (χ4n) is 4.49. The lowest BCUT2D eigenvalue weighted by Crippen LogP contribution is -2.45. The van der Waals surface area contributed by atoms with Crippen LogP contribution in [0.25, 0.3) is 6.08 Å². The molecule has 0 unspecified atom stereocenters. The molecule has 174 valence electrons. The number of likely N-dealkylation sites (N-methyl/N-ethyl adjacent to an activating group) is 1. The van der Waals surface area contributed by atoms with E-state index in [1.807, 2.05) is 41.3 Å². The Kier molecular flexibility index (Phi) is 7.92. The highest BCUT2D eigenvalue weighted by Gasteiger charge is 2.21. The van der Waals surface area contributed by atoms with Crippen molar-refractivity contribution in [3.05, 3.63) is 71.3 Å². The number of anilines is 1. The zero-order valence-electron chi connectivity index (χ0n) is 19.5. The predicted octanol–water partition coefficient (Wildman–Crippen LogP) is 3.28. The molecule has 0 saturated carbocycles. The van der Waals surface area contributed by atoms with Gasteiger partial charge in [-0.05, 0) is 47.9 Å². The second-order valence-corrected chi connectivity index (χ2v) is 8.77. The molecule has 33 heavy (non-hydrogen) atoms. The van der Waals surface area contributed by atoms with Crippen LogP contribution in [-0.2, 0) is 22.7 Å². The minimum absolute atomic E-state index is 0.111. The number of amides is 2. The van der Waals surface area contributed by atoms with Gasteiger partial charge in [0.15, 0.2) is 0 Å². The van der Waals surface area contributed by atoms with Crippen LogP contribution in [0.3, 0.4) is 0 Å². The van der Waals surface area contributed by atoms with E-state index < -0.39 is 0 Å². The number of carbonyl (C=O) groups excluding carboxylic acids is 2. The highest BCUT2D eigenvalue weighted by Crippen LogP contribution is 2.22. The van der Waals surface area contributed by atoms with Crippen molar-refractivity contribution in [1.82, 2.24) is 15.1 Å². The topological polar surface area (TPSA) is 55.9 Å². The maximum absolute atomic E-state index is 12.4. The summed E-state index contributed by atoms with van der Waals surface area (Å²) in [4.78, 5) is 31.1. The standard InChI is InChI=1S/C27H34N4O2/c1-2-29-16-18-30(19-17-29)21-24-7-4-3-6-23(24)20-28-26(32)14-11-22-9-12-25(13-10-22)31-15-5-8-27(31)33/h3-4,6-7,9-14H,2,5,8,15-21H2,1H3,(H,28,32). The van der Waals surface area contributed by atoms with Crippen molar-refractivity contribution < 1.29 is 9.59 Å². The molecule has 2 saturated heterocycles. The van der Waals surface area contributed by atoms with Gasteiger partial charge in [0, 0.05) is 64.0 Å². The molecule has 0 spiro atoms. The molecule has 6 heteroatoms. The van der Waals surface area contributed by atoms with Crippen LogP contribution in [-0.4, -0.2) is 60.9 Å². The Balaban J connectivity index is 1.28. The van der Waals surface area contributed by atoms with Crippen molar-refractivity contribution >= 4 is 23.6 Å². The molecule has 2 aromatic rings. The smallest absolute Gasteiger partial charge is 0.244 e.